The van der Waals surface area contributed by atoms with Crippen LogP contribution < -0.4 is 5.32 Å². The Bertz CT molecular complexity index is 586. The number of rotatable bonds is 11. The number of hydrogen-bond acceptors (Lipinski definition) is 2. The first-order valence-corrected chi connectivity index (χ1v) is 10.5. The van der Waals surface area contributed by atoms with Crippen LogP contribution in [0.15, 0.2) is 24.3 Å². The molecule has 1 atom stereocenters. The van der Waals surface area contributed by atoms with Gasteiger partial charge in [0.25, 0.3) is 5.91 Å². The van der Waals surface area contributed by atoms with Gasteiger partial charge in [-0.05, 0) is 37.0 Å². The van der Waals surface area contributed by atoms with Gasteiger partial charge in [0.15, 0.2) is 0 Å². The summed E-state index contributed by atoms with van der Waals surface area (Å²) < 4.78 is 0. The van der Waals surface area contributed by atoms with Gasteiger partial charge in [-0.15, -0.1) is 0 Å². The highest BCUT2D eigenvalue weighted by Gasteiger charge is 2.27. The Kier molecular flexibility index (Phi) is 9.16. The molecule has 1 aliphatic rings. The minimum absolute atomic E-state index is 0.0920. The van der Waals surface area contributed by atoms with E-state index in [1.54, 1.807) is 0 Å². The molecule has 1 fully saturated rings. The highest BCUT2D eigenvalue weighted by atomic mass is 16.4. The van der Waals surface area contributed by atoms with E-state index >= 15 is 0 Å². The Balaban J connectivity index is 1.64. The van der Waals surface area contributed by atoms with E-state index in [1.165, 1.54) is 61.8 Å². The van der Waals surface area contributed by atoms with Gasteiger partial charge in [0.1, 0.15) is 0 Å². The van der Waals surface area contributed by atoms with Gasteiger partial charge in [-0.1, -0.05) is 64.0 Å². The van der Waals surface area contributed by atoms with Crippen LogP contribution in [-0.2, 0) is 6.42 Å². The number of unbranched alkanes of at least 4 members (excludes halogenated alkanes) is 7. The summed E-state index contributed by atoms with van der Waals surface area (Å²) in [4.78, 5) is 24.6. The van der Waals surface area contributed by atoms with E-state index in [-0.39, 0.29) is 11.9 Å². The number of likely N-dealkylation sites (tertiary alicyclic amines) is 1. The summed E-state index contributed by atoms with van der Waals surface area (Å²) in [6.45, 7) is 3.10. The van der Waals surface area contributed by atoms with Crippen molar-refractivity contribution in [2.45, 2.75) is 77.2 Å². The average molecular weight is 375 g/mol. The molecule has 0 spiro atoms. The molecule has 0 aliphatic carbocycles. The van der Waals surface area contributed by atoms with Crippen molar-refractivity contribution in [3.63, 3.8) is 0 Å². The van der Waals surface area contributed by atoms with Crippen LogP contribution in [0.5, 0.6) is 0 Å². The highest BCUT2D eigenvalue weighted by molar-refractivity contribution is 5.94. The molecular weight excluding hydrogens is 340 g/mol. The van der Waals surface area contributed by atoms with Crippen molar-refractivity contribution < 1.29 is 14.7 Å². The fourth-order valence-corrected chi connectivity index (χ4v) is 3.61. The minimum atomic E-state index is -0.919. The maximum Gasteiger partial charge on any atom is 0.407 e. The van der Waals surface area contributed by atoms with Crippen molar-refractivity contribution in [3.05, 3.63) is 35.4 Å². The second-order valence-corrected chi connectivity index (χ2v) is 7.61. The number of carbonyl (C=O) groups is 2. The maximum atomic E-state index is 12.3. The standard InChI is InChI=1S/C22H34N2O3/c1-2-3-4-5-6-7-8-9-10-18-11-13-19(14-12-18)21(25)23-20-15-16-24(17-20)22(26)27/h11-14,20H,2-10,15-17H2,1H3,(H,23,25)(H,26,27)/t20-/m1/s1. The van der Waals surface area contributed by atoms with Crippen LogP contribution in [0.4, 0.5) is 4.79 Å². The molecule has 150 valence electrons. The lowest BCUT2D eigenvalue weighted by Crippen LogP contribution is -2.38. The maximum absolute atomic E-state index is 12.3. The first-order chi connectivity index (χ1) is 13.1. The molecule has 1 saturated heterocycles. The summed E-state index contributed by atoms with van der Waals surface area (Å²) in [7, 11) is 0. The van der Waals surface area contributed by atoms with Gasteiger partial charge >= 0.3 is 6.09 Å². The number of aryl methyl sites for hydroxylation is 1. The number of nitrogens with zero attached hydrogens (tertiary/aromatic N) is 1. The van der Waals surface area contributed by atoms with Gasteiger partial charge < -0.3 is 15.3 Å². The third kappa shape index (κ3) is 7.61. The highest BCUT2D eigenvalue weighted by Crippen LogP contribution is 2.13. The van der Waals surface area contributed by atoms with Crippen molar-refractivity contribution in [1.82, 2.24) is 10.2 Å². The quantitative estimate of drug-likeness (QED) is 0.544. The van der Waals surface area contributed by atoms with Crippen LogP contribution in [0, 0.1) is 0 Å². The second-order valence-electron chi connectivity index (χ2n) is 7.61. The topological polar surface area (TPSA) is 69.6 Å². The van der Waals surface area contributed by atoms with Crippen LogP contribution in [0.25, 0.3) is 0 Å². The first-order valence-electron chi connectivity index (χ1n) is 10.5. The minimum Gasteiger partial charge on any atom is -0.465 e. The van der Waals surface area contributed by atoms with Gasteiger partial charge in [0, 0.05) is 24.7 Å². The molecule has 1 aromatic carbocycles. The van der Waals surface area contributed by atoms with E-state index in [1.807, 2.05) is 24.3 Å². The first kappa shape index (κ1) is 21.3. The molecule has 27 heavy (non-hydrogen) atoms. The number of nitrogens with one attached hydrogen (secondary N) is 1. The van der Waals surface area contributed by atoms with E-state index < -0.39 is 6.09 Å². The number of hydrogen-bond donors (Lipinski definition) is 2. The Morgan fingerprint density at radius 1 is 1.04 bits per heavy atom. The summed E-state index contributed by atoms with van der Waals surface area (Å²) >= 11 is 0. The molecular formula is C22H34N2O3. The Labute approximate surface area is 163 Å². The summed E-state index contributed by atoms with van der Waals surface area (Å²) in [5, 5.41) is 11.9. The van der Waals surface area contributed by atoms with Gasteiger partial charge in [0.2, 0.25) is 0 Å². The third-order valence-corrected chi connectivity index (χ3v) is 5.33. The summed E-state index contributed by atoms with van der Waals surface area (Å²) in [5.74, 6) is -0.120. The summed E-state index contributed by atoms with van der Waals surface area (Å²) in [6.07, 6.45) is 11.4. The molecule has 0 bridgehead atoms. The third-order valence-electron chi connectivity index (χ3n) is 5.33. The largest absolute Gasteiger partial charge is 0.465 e. The van der Waals surface area contributed by atoms with Crippen molar-refractivity contribution in [1.29, 1.82) is 0 Å². The molecule has 2 N–H and O–H groups in total. The van der Waals surface area contributed by atoms with Crippen molar-refractivity contribution in [2.75, 3.05) is 13.1 Å². The summed E-state index contributed by atoms with van der Waals surface area (Å²) in [6, 6.07) is 7.73. The van der Waals surface area contributed by atoms with Gasteiger partial charge in [-0.25, -0.2) is 4.79 Å². The molecule has 5 nitrogen and oxygen atoms in total. The molecule has 1 aromatic rings. The lowest BCUT2D eigenvalue weighted by Gasteiger charge is -2.14. The number of carboxylic acid groups (broad SMARTS) is 1. The fourth-order valence-electron chi connectivity index (χ4n) is 3.61. The molecule has 0 saturated carbocycles. The van der Waals surface area contributed by atoms with Crippen molar-refractivity contribution in [2.24, 2.45) is 0 Å². The van der Waals surface area contributed by atoms with E-state index in [0.717, 1.165) is 6.42 Å². The van der Waals surface area contributed by atoms with Crippen LogP contribution in [0.3, 0.4) is 0 Å². The Morgan fingerprint density at radius 3 is 2.26 bits per heavy atom. The zero-order valence-electron chi connectivity index (χ0n) is 16.6. The van der Waals surface area contributed by atoms with E-state index in [0.29, 0.717) is 25.1 Å². The molecule has 0 aromatic heterocycles. The normalized spacial score (nSPS) is 16.5. The molecule has 0 radical (unpaired) electrons. The number of benzene rings is 1. The van der Waals surface area contributed by atoms with Crippen LogP contribution in [-0.4, -0.2) is 41.1 Å². The molecule has 0 unspecified atom stereocenters. The van der Waals surface area contributed by atoms with E-state index in [2.05, 4.69) is 12.2 Å². The predicted octanol–water partition coefficient (Wildman–Crippen LogP) is 4.85. The zero-order valence-corrected chi connectivity index (χ0v) is 16.6. The fraction of sp³-hybridized carbons (Fsp3) is 0.636. The second kappa shape index (κ2) is 11.6. The molecule has 2 amide bonds. The van der Waals surface area contributed by atoms with Crippen molar-refractivity contribution >= 4 is 12.0 Å². The predicted molar refractivity (Wildman–Crippen MR) is 108 cm³/mol. The lowest BCUT2D eigenvalue weighted by molar-refractivity contribution is 0.0935. The van der Waals surface area contributed by atoms with Gasteiger partial charge in [-0.2, -0.15) is 0 Å². The van der Waals surface area contributed by atoms with Gasteiger partial charge in [-0.3, -0.25) is 4.79 Å². The van der Waals surface area contributed by atoms with E-state index in [4.69, 9.17) is 5.11 Å². The lowest BCUT2D eigenvalue weighted by atomic mass is 10.0. The van der Waals surface area contributed by atoms with E-state index in [9.17, 15) is 9.59 Å². The average Bonchev–Trinajstić information content (AvgIpc) is 3.13. The SMILES string of the molecule is CCCCCCCCCCc1ccc(C(=O)N[C@@H]2CCN(C(=O)O)C2)cc1. The summed E-state index contributed by atoms with van der Waals surface area (Å²) in [5.41, 5.74) is 1.92. The Hall–Kier alpha value is -2.04. The van der Waals surface area contributed by atoms with Crippen molar-refractivity contribution in [3.8, 4) is 0 Å². The van der Waals surface area contributed by atoms with Crippen LogP contribution in [0.1, 0.15) is 80.6 Å². The zero-order chi connectivity index (χ0) is 19.5. The Morgan fingerprint density at radius 2 is 1.67 bits per heavy atom. The number of carbonyl (C=O) groups excluding carboxylic acids is 1. The molecule has 1 aliphatic heterocycles. The smallest absolute Gasteiger partial charge is 0.407 e. The van der Waals surface area contributed by atoms with Crippen LogP contribution >= 0.6 is 0 Å². The number of amides is 2. The molecule has 5 heteroatoms. The van der Waals surface area contributed by atoms with Gasteiger partial charge in [0.05, 0.1) is 0 Å². The molecule has 2 rings (SSSR count). The monoisotopic (exact) mass is 374 g/mol. The molecule has 1 heterocycles. The van der Waals surface area contributed by atoms with Crippen LogP contribution in [0.2, 0.25) is 0 Å².